The molecule has 0 fully saturated rings. The Balaban J connectivity index is 1.60. The maximum Gasteiger partial charge on any atom is 0.387 e. The van der Waals surface area contributed by atoms with Crippen molar-refractivity contribution in [1.29, 1.82) is 0 Å². The number of aromatic nitrogens is 3. The summed E-state index contributed by atoms with van der Waals surface area (Å²) in [6.07, 6.45) is 2.29. The van der Waals surface area contributed by atoms with Crippen molar-refractivity contribution in [2.24, 2.45) is 0 Å². The Morgan fingerprint density at radius 3 is 2.39 bits per heavy atom. The molecule has 8 heteroatoms. The molecule has 0 amide bonds. The lowest BCUT2D eigenvalue weighted by atomic mass is 9.93. The van der Waals surface area contributed by atoms with Crippen LogP contribution in [0.4, 0.5) is 20.4 Å². The molecule has 4 rings (SSSR count). The monoisotopic (exact) mass is 385 g/mol. The summed E-state index contributed by atoms with van der Waals surface area (Å²) in [5.74, 6) is 0.833. The Labute approximate surface area is 161 Å². The summed E-state index contributed by atoms with van der Waals surface area (Å²) in [5, 5.41) is 7.75. The first-order chi connectivity index (χ1) is 13.5. The summed E-state index contributed by atoms with van der Waals surface area (Å²) in [6.45, 7) is -2.83. The standard InChI is InChI=1S/C20H21F2N5O/c1-26(2)15-7-3-14(4-8-15)18-11-17(25-20-23-12-24-27(18)20)13-5-9-16(10-6-13)28-19(21)22/h3-10,12,17-19H,11H2,1-2H3,(H,23,24,25). The Bertz CT molecular complexity index is 925. The lowest BCUT2D eigenvalue weighted by molar-refractivity contribution is -0.0498. The first-order valence-corrected chi connectivity index (χ1v) is 8.99. The number of benzene rings is 2. The van der Waals surface area contributed by atoms with E-state index in [-0.39, 0.29) is 17.8 Å². The van der Waals surface area contributed by atoms with E-state index in [4.69, 9.17) is 0 Å². The highest BCUT2D eigenvalue weighted by Crippen LogP contribution is 2.38. The predicted octanol–water partition coefficient (Wildman–Crippen LogP) is 4.09. The molecular weight excluding hydrogens is 364 g/mol. The van der Waals surface area contributed by atoms with Crippen molar-refractivity contribution in [3.05, 3.63) is 66.0 Å². The normalized spacial score (nSPS) is 18.5. The Kier molecular flexibility index (Phi) is 4.85. The van der Waals surface area contributed by atoms with Gasteiger partial charge in [-0.25, -0.2) is 4.68 Å². The van der Waals surface area contributed by atoms with Gasteiger partial charge in [-0.3, -0.25) is 0 Å². The minimum atomic E-state index is -2.83. The van der Waals surface area contributed by atoms with Crippen molar-refractivity contribution in [2.75, 3.05) is 24.3 Å². The average Bonchev–Trinajstić information content (AvgIpc) is 3.16. The molecule has 6 nitrogen and oxygen atoms in total. The number of alkyl halides is 2. The van der Waals surface area contributed by atoms with Crippen molar-refractivity contribution in [1.82, 2.24) is 14.8 Å². The molecule has 0 saturated heterocycles. The minimum Gasteiger partial charge on any atom is -0.435 e. The lowest BCUT2D eigenvalue weighted by Crippen LogP contribution is -2.28. The third-order valence-electron chi connectivity index (χ3n) is 4.93. The summed E-state index contributed by atoms with van der Waals surface area (Å²) in [4.78, 5) is 6.37. The fraction of sp³-hybridized carbons (Fsp3) is 0.300. The molecule has 1 N–H and O–H groups in total. The van der Waals surface area contributed by atoms with E-state index in [0.717, 1.165) is 23.2 Å². The highest BCUT2D eigenvalue weighted by Gasteiger charge is 2.30. The number of halogens is 2. The molecule has 2 atom stereocenters. The molecule has 2 aromatic carbocycles. The molecule has 0 aliphatic carbocycles. The molecule has 1 aliphatic rings. The van der Waals surface area contributed by atoms with Gasteiger partial charge < -0.3 is 15.0 Å². The topological polar surface area (TPSA) is 55.2 Å². The second-order valence-electron chi connectivity index (χ2n) is 6.91. The molecule has 0 radical (unpaired) electrons. The number of nitrogens with zero attached hydrogens (tertiary/aromatic N) is 4. The summed E-state index contributed by atoms with van der Waals surface area (Å²) in [5.41, 5.74) is 3.25. The number of hydrogen-bond donors (Lipinski definition) is 1. The minimum absolute atomic E-state index is 0.0178. The fourth-order valence-electron chi connectivity index (χ4n) is 3.49. The van der Waals surface area contributed by atoms with Crippen LogP contribution in [0.2, 0.25) is 0 Å². The quantitative estimate of drug-likeness (QED) is 0.717. The molecular formula is C20H21F2N5O. The molecule has 3 aromatic rings. The van der Waals surface area contributed by atoms with E-state index in [2.05, 4.69) is 49.3 Å². The maximum absolute atomic E-state index is 12.4. The second-order valence-corrected chi connectivity index (χ2v) is 6.91. The number of nitrogens with one attached hydrogen (secondary N) is 1. The number of rotatable bonds is 5. The predicted molar refractivity (Wildman–Crippen MR) is 103 cm³/mol. The van der Waals surface area contributed by atoms with Crippen LogP contribution in [0.1, 0.15) is 29.6 Å². The first kappa shape index (κ1) is 18.2. The van der Waals surface area contributed by atoms with E-state index in [1.165, 1.54) is 6.33 Å². The molecule has 1 aromatic heterocycles. The summed E-state index contributed by atoms with van der Waals surface area (Å²) in [7, 11) is 4.01. The zero-order valence-corrected chi connectivity index (χ0v) is 15.6. The van der Waals surface area contributed by atoms with Crippen molar-refractivity contribution in [3.63, 3.8) is 0 Å². The second kappa shape index (κ2) is 7.46. The van der Waals surface area contributed by atoms with Crippen molar-refractivity contribution < 1.29 is 13.5 Å². The van der Waals surface area contributed by atoms with Gasteiger partial charge in [-0.1, -0.05) is 24.3 Å². The van der Waals surface area contributed by atoms with Gasteiger partial charge in [0.2, 0.25) is 5.95 Å². The highest BCUT2D eigenvalue weighted by atomic mass is 19.3. The van der Waals surface area contributed by atoms with Crippen LogP contribution in [0.3, 0.4) is 0 Å². The van der Waals surface area contributed by atoms with Gasteiger partial charge in [0.1, 0.15) is 12.1 Å². The highest BCUT2D eigenvalue weighted by molar-refractivity contribution is 5.47. The molecule has 2 unspecified atom stereocenters. The van der Waals surface area contributed by atoms with Crippen molar-refractivity contribution >= 4 is 11.6 Å². The number of ether oxygens (including phenoxy) is 1. The van der Waals surface area contributed by atoms with Gasteiger partial charge in [-0.15, -0.1) is 0 Å². The van der Waals surface area contributed by atoms with Crippen LogP contribution in [0.5, 0.6) is 5.75 Å². The van der Waals surface area contributed by atoms with Gasteiger partial charge in [0.05, 0.1) is 12.1 Å². The number of anilines is 2. The van der Waals surface area contributed by atoms with Gasteiger partial charge in [0.25, 0.3) is 0 Å². The SMILES string of the molecule is CN(C)c1ccc(C2CC(c3ccc(OC(F)F)cc3)Nc3ncnn32)cc1. The molecule has 0 bridgehead atoms. The Hall–Kier alpha value is -3.16. The van der Waals surface area contributed by atoms with Crippen LogP contribution >= 0.6 is 0 Å². The molecule has 146 valence electrons. The summed E-state index contributed by atoms with van der Waals surface area (Å²) < 4.78 is 31.1. The van der Waals surface area contributed by atoms with E-state index in [0.29, 0.717) is 5.95 Å². The zero-order chi connectivity index (χ0) is 19.7. The Morgan fingerprint density at radius 2 is 1.75 bits per heavy atom. The zero-order valence-electron chi connectivity index (χ0n) is 15.6. The van der Waals surface area contributed by atoms with E-state index in [1.54, 1.807) is 24.3 Å². The van der Waals surface area contributed by atoms with Crippen LogP contribution in [0, 0.1) is 0 Å². The van der Waals surface area contributed by atoms with Gasteiger partial charge in [-0.05, 0) is 41.8 Å². The smallest absolute Gasteiger partial charge is 0.387 e. The van der Waals surface area contributed by atoms with E-state index in [9.17, 15) is 8.78 Å². The molecule has 0 spiro atoms. The maximum atomic E-state index is 12.4. The van der Waals surface area contributed by atoms with Crippen LogP contribution in [-0.4, -0.2) is 35.5 Å². The summed E-state index contributed by atoms with van der Waals surface area (Å²) >= 11 is 0. The lowest BCUT2D eigenvalue weighted by Gasteiger charge is -2.32. The van der Waals surface area contributed by atoms with Crippen LogP contribution < -0.4 is 15.0 Å². The van der Waals surface area contributed by atoms with Gasteiger partial charge in [0, 0.05) is 19.8 Å². The Morgan fingerprint density at radius 1 is 1.07 bits per heavy atom. The number of fused-ring (bicyclic) bond motifs is 1. The van der Waals surface area contributed by atoms with Gasteiger partial charge >= 0.3 is 6.61 Å². The third-order valence-corrected chi connectivity index (χ3v) is 4.93. The first-order valence-electron chi connectivity index (χ1n) is 8.99. The van der Waals surface area contributed by atoms with Crippen LogP contribution in [0.15, 0.2) is 54.9 Å². The van der Waals surface area contributed by atoms with Crippen molar-refractivity contribution in [2.45, 2.75) is 25.1 Å². The van der Waals surface area contributed by atoms with Crippen LogP contribution in [-0.2, 0) is 0 Å². The summed E-state index contributed by atoms with van der Waals surface area (Å²) in [6, 6.07) is 15.1. The molecule has 1 aliphatic heterocycles. The average molecular weight is 385 g/mol. The molecule has 0 saturated carbocycles. The third kappa shape index (κ3) is 3.62. The number of hydrogen-bond acceptors (Lipinski definition) is 5. The van der Waals surface area contributed by atoms with Crippen LogP contribution in [0.25, 0.3) is 0 Å². The fourth-order valence-corrected chi connectivity index (χ4v) is 3.49. The molecule has 28 heavy (non-hydrogen) atoms. The largest absolute Gasteiger partial charge is 0.435 e. The molecule has 2 heterocycles. The van der Waals surface area contributed by atoms with Gasteiger partial charge in [0.15, 0.2) is 0 Å². The van der Waals surface area contributed by atoms with Crippen molar-refractivity contribution in [3.8, 4) is 5.75 Å². The van der Waals surface area contributed by atoms with Gasteiger partial charge in [-0.2, -0.15) is 18.9 Å². The van der Waals surface area contributed by atoms with E-state index < -0.39 is 6.61 Å². The van der Waals surface area contributed by atoms with E-state index >= 15 is 0 Å². The van der Waals surface area contributed by atoms with E-state index in [1.807, 2.05) is 18.8 Å².